The number of hydrogen-bond donors (Lipinski definition) is 1. The van der Waals surface area contributed by atoms with Gasteiger partial charge in [0.05, 0.1) is 4.90 Å². The molecule has 0 aliphatic rings. The van der Waals surface area contributed by atoms with Gasteiger partial charge < -0.3 is 4.74 Å². The van der Waals surface area contributed by atoms with Gasteiger partial charge in [-0.3, -0.25) is 4.72 Å². The third kappa shape index (κ3) is 4.13. The lowest BCUT2D eigenvalue weighted by Gasteiger charge is -2.11. The molecule has 1 heterocycles. The predicted molar refractivity (Wildman–Crippen MR) is 95.3 cm³/mol. The number of anilines is 1. The van der Waals surface area contributed by atoms with Gasteiger partial charge >= 0.3 is 6.01 Å². The van der Waals surface area contributed by atoms with Crippen molar-refractivity contribution in [2.24, 2.45) is 0 Å². The zero-order valence-electron chi connectivity index (χ0n) is 13.8. The van der Waals surface area contributed by atoms with Crippen LogP contribution in [0.5, 0.6) is 11.8 Å². The third-order valence-corrected chi connectivity index (χ3v) is 5.02. The summed E-state index contributed by atoms with van der Waals surface area (Å²) in [6.07, 6.45) is 3.16. The minimum Gasteiger partial charge on any atom is -0.424 e. The van der Waals surface area contributed by atoms with Gasteiger partial charge in [0.15, 0.2) is 0 Å². The number of aryl methyl sites for hydroxylation is 2. The van der Waals surface area contributed by atoms with Gasteiger partial charge in [-0.25, -0.2) is 18.4 Å². The molecule has 0 saturated heterocycles. The molecule has 0 aliphatic heterocycles. The van der Waals surface area contributed by atoms with Crippen LogP contribution in [0.2, 0.25) is 0 Å². The number of aromatic nitrogens is 2. The van der Waals surface area contributed by atoms with Crippen LogP contribution in [0.4, 0.5) is 5.69 Å². The normalized spacial score (nSPS) is 11.1. The van der Waals surface area contributed by atoms with Crippen LogP contribution in [0.25, 0.3) is 0 Å². The van der Waals surface area contributed by atoms with Gasteiger partial charge in [-0.15, -0.1) is 0 Å². The van der Waals surface area contributed by atoms with Gasteiger partial charge in [-0.2, -0.15) is 0 Å². The Kier molecular flexibility index (Phi) is 4.67. The quantitative estimate of drug-likeness (QED) is 0.755. The van der Waals surface area contributed by atoms with Crippen molar-refractivity contribution in [2.75, 3.05) is 4.72 Å². The van der Waals surface area contributed by atoms with Crippen molar-refractivity contribution in [1.82, 2.24) is 9.97 Å². The molecule has 0 unspecified atom stereocenters. The number of rotatable bonds is 5. The second-order valence-electron chi connectivity index (χ2n) is 5.53. The van der Waals surface area contributed by atoms with E-state index < -0.39 is 10.0 Å². The zero-order valence-corrected chi connectivity index (χ0v) is 14.6. The van der Waals surface area contributed by atoms with Gasteiger partial charge in [0.25, 0.3) is 10.0 Å². The highest BCUT2D eigenvalue weighted by Gasteiger charge is 2.16. The Morgan fingerprint density at radius 2 is 1.64 bits per heavy atom. The van der Waals surface area contributed by atoms with Gasteiger partial charge in [-0.1, -0.05) is 17.7 Å². The second-order valence-corrected chi connectivity index (χ2v) is 7.18. The summed E-state index contributed by atoms with van der Waals surface area (Å²) in [4.78, 5) is 8.20. The molecule has 0 bridgehead atoms. The number of nitrogens with one attached hydrogen (secondary N) is 1. The maximum atomic E-state index is 12.5. The van der Waals surface area contributed by atoms with Crippen molar-refractivity contribution in [1.29, 1.82) is 0 Å². The molecule has 25 heavy (non-hydrogen) atoms. The fourth-order valence-electron chi connectivity index (χ4n) is 2.35. The minimum absolute atomic E-state index is 0.228. The Morgan fingerprint density at radius 1 is 0.960 bits per heavy atom. The molecule has 0 fully saturated rings. The van der Waals surface area contributed by atoms with E-state index in [1.54, 1.807) is 61.8 Å². The molecule has 3 aromatic rings. The molecule has 0 saturated carbocycles. The predicted octanol–water partition coefficient (Wildman–Crippen LogP) is 3.69. The van der Waals surface area contributed by atoms with Crippen LogP contribution in [-0.4, -0.2) is 18.4 Å². The summed E-state index contributed by atoms with van der Waals surface area (Å²) < 4.78 is 33.1. The lowest BCUT2D eigenvalue weighted by Crippen LogP contribution is -2.14. The first-order chi connectivity index (χ1) is 11.9. The van der Waals surface area contributed by atoms with Crippen molar-refractivity contribution in [3.63, 3.8) is 0 Å². The monoisotopic (exact) mass is 355 g/mol. The van der Waals surface area contributed by atoms with Crippen LogP contribution in [0.15, 0.2) is 65.8 Å². The fourth-order valence-corrected chi connectivity index (χ4v) is 3.63. The first-order valence-corrected chi connectivity index (χ1v) is 9.07. The van der Waals surface area contributed by atoms with E-state index in [9.17, 15) is 8.42 Å². The summed E-state index contributed by atoms with van der Waals surface area (Å²) in [6.45, 7) is 3.70. The second kappa shape index (κ2) is 6.90. The molecule has 0 radical (unpaired) electrons. The van der Waals surface area contributed by atoms with Crippen LogP contribution >= 0.6 is 0 Å². The van der Waals surface area contributed by atoms with E-state index in [1.165, 1.54) is 0 Å². The minimum atomic E-state index is -3.65. The van der Waals surface area contributed by atoms with E-state index in [1.807, 2.05) is 13.0 Å². The average Bonchev–Trinajstić information content (AvgIpc) is 2.57. The molecule has 3 rings (SSSR count). The maximum absolute atomic E-state index is 12.5. The Hall–Kier alpha value is -2.93. The van der Waals surface area contributed by atoms with E-state index in [4.69, 9.17) is 4.74 Å². The van der Waals surface area contributed by atoms with Crippen molar-refractivity contribution in [3.8, 4) is 11.8 Å². The molecule has 0 amide bonds. The number of sulfonamides is 1. The first-order valence-electron chi connectivity index (χ1n) is 7.59. The Morgan fingerprint density at radius 3 is 2.28 bits per heavy atom. The molecule has 0 spiro atoms. The molecule has 0 aliphatic carbocycles. The van der Waals surface area contributed by atoms with Crippen LogP contribution in [0.1, 0.15) is 11.1 Å². The Bertz CT molecular complexity index is 972. The molecule has 2 aromatic carbocycles. The standard InChI is InChI=1S/C18H17N3O3S/c1-13-4-9-17(14(2)12-13)25(22,23)21-15-5-7-16(8-6-15)24-18-19-10-3-11-20-18/h3-12,21H,1-2H3. The van der Waals surface area contributed by atoms with E-state index in [2.05, 4.69) is 14.7 Å². The highest BCUT2D eigenvalue weighted by molar-refractivity contribution is 7.92. The molecule has 1 N–H and O–H groups in total. The number of benzene rings is 2. The van der Waals surface area contributed by atoms with Crippen molar-refractivity contribution in [2.45, 2.75) is 18.7 Å². The smallest absolute Gasteiger partial charge is 0.321 e. The van der Waals surface area contributed by atoms with Crippen LogP contribution < -0.4 is 9.46 Å². The van der Waals surface area contributed by atoms with E-state index in [-0.39, 0.29) is 10.9 Å². The van der Waals surface area contributed by atoms with Crippen molar-refractivity contribution < 1.29 is 13.2 Å². The number of hydrogen-bond acceptors (Lipinski definition) is 5. The largest absolute Gasteiger partial charge is 0.424 e. The van der Waals surface area contributed by atoms with E-state index in [0.29, 0.717) is 17.0 Å². The lowest BCUT2D eigenvalue weighted by molar-refractivity contribution is 0.442. The lowest BCUT2D eigenvalue weighted by atomic mass is 10.2. The van der Waals surface area contributed by atoms with Gasteiger partial charge in [-0.05, 0) is 55.8 Å². The summed E-state index contributed by atoms with van der Waals surface area (Å²) in [6, 6.07) is 13.7. The number of nitrogens with zero attached hydrogens (tertiary/aromatic N) is 2. The molecular weight excluding hydrogens is 338 g/mol. The fraction of sp³-hybridized carbons (Fsp3) is 0.111. The van der Waals surface area contributed by atoms with Gasteiger partial charge in [0.1, 0.15) is 5.75 Å². The van der Waals surface area contributed by atoms with Gasteiger partial charge in [0, 0.05) is 18.1 Å². The van der Waals surface area contributed by atoms with Crippen molar-refractivity contribution in [3.05, 3.63) is 72.1 Å². The SMILES string of the molecule is Cc1ccc(S(=O)(=O)Nc2ccc(Oc3ncccn3)cc2)c(C)c1. The van der Waals surface area contributed by atoms with Crippen LogP contribution in [-0.2, 0) is 10.0 Å². The molecule has 128 valence electrons. The van der Waals surface area contributed by atoms with Crippen LogP contribution in [0.3, 0.4) is 0 Å². The highest BCUT2D eigenvalue weighted by Crippen LogP contribution is 2.23. The molecule has 1 aromatic heterocycles. The summed E-state index contributed by atoms with van der Waals surface area (Å²) in [5.74, 6) is 0.515. The first kappa shape index (κ1) is 16.9. The summed E-state index contributed by atoms with van der Waals surface area (Å²) in [7, 11) is -3.65. The van der Waals surface area contributed by atoms with E-state index >= 15 is 0 Å². The van der Waals surface area contributed by atoms with Gasteiger partial charge in [0.2, 0.25) is 0 Å². The van der Waals surface area contributed by atoms with Crippen molar-refractivity contribution >= 4 is 15.7 Å². The summed E-state index contributed by atoms with van der Waals surface area (Å²) in [5.41, 5.74) is 2.16. The molecule has 7 heteroatoms. The maximum Gasteiger partial charge on any atom is 0.321 e. The molecule has 6 nitrogen and oxygen atoms in total. The highest BCUT2D eigenvalue weighted by atomic mass is 32.2. The summed E-state index contributed by atoms with van der Waals surface area (Å²) in [5, 5.41) is 0. The molecule has 0 atom stereocenters. The Labute approximate surface area is 146 Å². The topological polar surface area (TPSA) is 81.2 Å². The summed E-state index contributed by atoms with van der Waals surface area (Å²) >= 11 is 0. The average molecular weight is 355 g/mol. The third-order valence-electron chi connectivity index (χ3n) is 3.48. The number of ether oxygens (including phenoxy) is 1. The van der Waals surface area contributed by atoms with Crippen LogP contribution in [0, 0.1) is 13.8 Å². The Balaban J connectivity index is 1.76. The zero-order chi connectivity index (χ0) is 17.9. The molecular formula is C18H17N3O3S. The van der Waals surface area contributed by atoms with E-state index in [0.717, 1.165) is 5.56 Å².